The predicted molar refractivity (Wildman–Crippen MR) is 157 cm³/mol. The molecule has 1 aliphatic heterocycles. The minimum Gasteiger partial charge on any atom is -0.358 e. The predicted octanol–water partition coefficient (Wildman–Crippen LogP) is 6.28. The lowest BCUT2D eigenvalue weighted by Crippen LogP contribution is -2.24. The van der Waals surface area contributed by atoms with Crippen LogP contribution in [0.3, 0.4) is 0 Å². The fourth-order valence-electron chi connectivity index (χ4n) is 5.31. The molecule has 4 aromatic rings. The number of rotatable bonds is 10. The molecular weight excluding hydrogens is 486 g/mol. The molecule has 7 nitrogen and oxygen atoms in total. The second-order valence-electron chi connectivity index (χ2n) is 10.00. The summed E-state index contributed by atoms with van der Waals surface area (Å²) >= 11 is 0. The van der Waals surface area contributed by atoms with Crippen LogP contribution in [0, 0.1) is 13.8 Å². The summed E-state index contributed by atoms with van der Waals surface area (Å²) < 4.78 is 1.84. The summed E-state index contributed by atoms with van der Waals surface area (Å²) in [5.74, 6) is -0.00655. The van der Waals surface area contributed by atoms with Crippen molar-refractivity contribution in [2.75, 3.05) is 25.0 Å². The number of aryl methyl sites for hydroxylation is 1. The number of Topliss-reactive ketones (excluding diaryl/α,β-unsaturated/α-hetero) is 1. The molecule has 0 atom stereocenters. The number of para-hydroxylation sites is 1. The van der Waals surface area contributed by atoms with E-state index in [0.29, 0.717) is 12.0 Å². The lowest BCUT2D eigenvalue weighted by Gasteiger charge is -2.17. The number of fused-ring (bicyclic) bond motifs is 1. The third-order valence-corrected chi connectivity index (χ3v) is 7.56. The molecule has 5 rings (SSSR count). The highest BCUT2D eigenvalue weighted by Gasteiger charge is 2.26. The monoisotopic (exact) mass is 521 g/mol. The number of hydrogen-bond acceptors (Lipinski definition) is 4. The van der Waals surface area contributed by atoms with Gasteiger partial charge in [0.05, 0.1) is 17.5 Å². The summed E-state index contributed by atoms with van der Waals surface area (Å²) in [6.07, 6.45) is 7.03. The molecule has 3 heterocycles. The van der Waals surface area contributed by atoms with Crippen molar-refractivity contribution in [3.05, 3.63) is 89.0 Å². The first-order chi connectivity index (χ1) is 18.9. The molecule has 2 N–H and O–H groups in total. The van der Waals surface area contributed by atoms with Gasteiger partial charge < -0.3 is 15.2 Å². The summed E-state index contributed by atoms with van der Waals surface area (Å²) in [4.78, 5) is 31.8. The van der Waals surface area contributed by atoms with E-state index in [2.05, 4.69) is 34.1 Å². The van der Waals surface area contributed by atoms with Crippen LogP contribution in [0.1, 0.15) is 59.6 Å². The molecule has 0 bridgehead atoms. The fraction of sp³-hybridized carbons (Fsp3) is 0.281. The highest BCUT2D eigenvalue weighted by Crippen LogP contribution is 2.37. The molecule has 0 saturated heterocycles. The molecule has 2 aromatic heterocycles. The van der Waals surface area contributed by atoms with Gasteiger partial charge in [0.2, 0.25) is 0 Å². The summed E-state index contributed by atoms with van der Waals surface area (Å²) in [7, 11) is 0. The first-order valence-electron chi connectivity index (χ1n) is 13.6. The van der Waals surface area contributed by atoms with E-state index in [4.69, 9.17) is 0 Å². The van der Waals surface area contributed by atoms with Gasteiger partial charge in [0.25, 0.3) is 5.91 Å². The van der Waals surface area contributed by atoms with Gasteiger partial charge in [0.1, 0.15) is 0 Å². The van der Waals surface area contributed by atoms with Gasteiger partial charge in [-0.15, -0.1) is 0 Å². The van der Waals surface area contributed by atoms with E-state index in [9.17, 15) is 9.59 Å². The average Bonchev–Trinajstić information content (AvgIpc) is 3.63. The molecule has 0 spiro atoms. The topological polar surface area (TPSA) is 83.0 Å². The third kappa shape index (κ3) is 5.36. The van der Waals surface area contributed by atoms with Crippen molar-refractivity contribution in [2.45, 2.75) is 40.5 Å². The van der Waals surface area contributed by atoms with E-state index in [1.165, 1.54) is 0 Å². The molecule has 1 aliphatic rings. The van der Waals surface area contributed by atoms with Crippen LogP contribution in [0.2, 0.25) is 0 Å². The van der Waals surface area contributed by atoms with E-state index in [0.717, 1.165) is 76.6 Å². The van der Waals surface area contributed by atoms with Crippen LogP contribution < -0.4 is 5.32 Å². The zero-order chi connectivity index (χ0) is 27.5. The van der Waals surface area contributed by atoms with Crippen LogP contribution in [0.25, 0.3) is 28.5 Å². The summed E-state index contributed by atoms with van der Waals surface area (Å²) in [5.41, 5.74) is 8.37. The van der Waals surface area contributed by atoms with Gasteiger partial charge in [-0.2, -0.15) is 5.10 Å². The van der Waals surface area contributed by atoms with Gasteiger partial charge in [-0.05, 0) is 81.4 Å². The number of hydrogen-bond donors (Lipinski definition) is 2. The Labute approximate surface area is 229 Å². The van der Waals surface area contributed by atoms with Crippen LogP contribution in [-0.4, -0.2) is 51.0 Å². The fourth-order valence-corrected chi connectivity index (χ4v) is 5.31. The molecule has 0 unspecified atom stereocenters. The van der Waals surface area contributed by atoms with Crippen LogP contribution in [0.5, 0.6) is 0 Å². The van der Waals surface area contributed by atoms with Gasteiger partial charge in [0, 0.05) is 46.4 Å². The number of aromatic nitrogens is 3. The van der Waals surface area contributed by atoms with E-state index < -0.39 is 0 Å². The number of nitrogens with one attached hydrogen (secondary N) is 2. The molecule has 39 heavy (non-hydrogen) atoms. The van der Waals surface area contributed by atoms with Gasteiger partial charge >= 0.3 is 0 Å². The number of H-pyrrole nitrogens is 1. The van der Waals surface area contributed by atoms with Crippen LogP contribution >= 0.6 is 0 Å². The number of ketones is 1. The minimum absolute atomic E-state index is 0.145. The molecule has 0 radical (unpaired) electrons. The van der Waals surface area contributed by atoms with Crippen molar-refractivity contribution < 1.29 is 9.59 Å². The smallest absolute Gasteiger partial charge is 0.256 e. The van der Waals surface area contributed by atoms with Gasteiger partial charge in [-0.1, -0.05) is 38.1 Å². The Hall–Kier alpha value is -4.23. The second kappa shape index (κ2) is 11.3. The second-order valence-corrected chi connectivity index (χ2v) is 10.00. The van der Waals surface area contributed by atoms with Crippen molar-refractivity contribution in [1.82, 2.24) is 19.7 Å². The molecule has 2 aromatic carbocycles. The molecule has 200 valence electrons. The van der Waals surface area contributed by atoms with Gasteiger partial charge in [-0.3, -0.25) is 9.59 Å². The highest BCUT2D eigenvalue weighted by atomic mass is 16.2. The van der Waals surface area contributed by atoms with Gasteiger partial charge in [0.15, 0.2) is 5.78 Å². The maximum atomic E-state index is 13.1. The zero-order valence-corrected chi connectivity index (χ0v) is 23.0. The first kappa shape index (κ1) is 26.4. The van der Waals surface area contributed by atoms with Crippen LogP contribution in [0.4, 0.5) is 5.69 Å². The van der Waals surface area contributed by atoms with Crippen molar-refractivity contribution >= 4 is 29.0 Å². The number of amides is 1. The maximum Gasteiger partial charge on any atom is 0.256 e. The number of carbonyl (C=O) groups is 2. The standard InChI is InChI=1S/C32H35N5O2/c1-5-36(6-2)16-10-13-30(38)31-21(3)29(34-22(31)4)18-27-26-17-23(14-15-28(26)35-32(27)39)24-19-33-37(20-24)25-11-8-7-9-12-25/h7-9,11-12,14-15,17-20,34H,5-6,10,13,16H2,1-4H3,(H,35,39)/b27-18-. The number of carbonyl (C=O) groups excluding carboxylic acids is 2. The lowest BCUT2D eigenvalue weighted by molar-refractivity contribution is -0.110. The van der Waals surface area contributed by atoms with E-state index in [1.807, 2.05) is 85.5 Å². The molecule has 0 saturated carbocycles. The molecular formula is C32H35N5O2. The van der Waals surface area contributed by atoms with Crippen molar-refractivity contribution in [3.63, 3.8) is 0 Å². The number of aromatic amines is 1. The molecule has 0 aliphatic carbocycles. The Balaban J connectivity index is 1.41. The third-order valence-electron chi connectivity index (χ3n) is 7.56. The van der Waals surface area contributed by atoms with Gasteiger partial charge in [-0.25, -0.2) is 4.68 Å². The summed E-state index contributed by atoms with van der Waals surface area (Å²) in [6, 6.07) is 15.9. The Kier molecular flexibility index (Phi) is 7.61. The minimum atomic E-state index is -0.152. The quantitative estimate of drug-likeness (QED) is 0.190. The number of nitrogens with zero attached hydrogens (tertiary/aromatic N) is 3. The summed E-state index contributed by atoms with van der Waals surface area (Å²) in [6.45, 7) is 11.1. The Morgan fingerprint density at radius 3 is 2.56 bits per heavy atom. The van der Waals surface area contributed by atoms with E-state index in [-0.39, 0.29) is 11.7 Å². The van der Waals surface area contributed by atoms with Crippen molar-refractivity contribution in [3.8, 4) is 16.8 Å². The normalized spacial score (nSPS) is 13.8. The molecule has 0 fully saturated rings. The highest BCUT2D eigenvalue weighted by molar-refractivity contribution is 6.35. The molecule has 1 amide bonds. The zero-order valence-electron chi connectivity index (χ0n) is 23.0. The average molecular weight is 522 g/mol. The Morgan fingerprint density at radius 1 is 1.05 bits per heavy atom. The molecule has 7 heteroatoms. The van der Waals surface area contributed by atoms with Crippen LogP contribution in [0.15, 0.2) is 60.9 Å². The van der Waals surface area contributed by atoms with Crippen LogP contribution in [-0.2, 0) is 4.79 Å². The Morgan fingerprint density at radius 2 is 1.82 bits per heavy atom. The maximum absolute atomic E-state index is 13.1. The van der Waals surface area contributed by atoms with E-state index in [1.54, 1.807) is 0 Å². The van der Waals surface area contributed by atoms with E-state index >= 15 is 0 Å². The summed E-state index contributed by atoms with van der Waals surface area (Å²) in [5, 5.41) is 7.50. The van der Waals surface area contributed by atoms with Crippen molar-refractivity contribution in [1.29, 1.82) is 0 Å². The number of benzene rings is 2. The lowest BCUT2D eigenvalue weighted by atomic mass is 9.98. The Bertz CT molecular complexity index is 1540. The first-order valence-corrected chi connectivity index (χ1v) is 13.6. The number of anilines is 1. The largest absolute Gasteiger partial charge is 0.358 e. The SMILES string of the molecule is CCN(CC)CCCC(=O)c1c(C)[nH]c(/C=C2\C(=O)Nc3ccc(-c4cnn(-c5ccccc5)c4)cc32)c1C. The van der Waals surface area contributed by atoms with Crippen molar-refractivity contribution in [2.24, 2.45) is 0 Å².